The van der Waals surface area contributed by atoms with Gasteiger partial charge < -0.3 is 10.1 Å². The number of nitrogens with one attached hydrogen (secondary N) is 1. The summed E-state index contributed by atoms with van der Waals surface area (Å²) in [6.07, 6.45) is 0. The van der Waals surface area contributed by atoms with Crippen LogP contribution in [0.4, 0.5) is 0 Å². The number of rotatable bonds is 5. The first-order valence-corrected chi connectivity index (χ1v) is 7.00. The molecule has 0 bridgehead atoms. The molecule has 0 aromatic rings. The molecular formula is C15H30N2O. The van der Waals surface area contributed by atoms with E-state index in [-0.39, 0.29) is 0 Å². The van der Waals surface area contributed by atoms with Crippen molar-refractivity contribution in [2.45, 2.75) is 46.7 Å². The Hall–Kier alpha value is -0.380. The van der Waals surface area contributed by atoms with Crippen LogP contribution >= 0.6 is 0 Å². The number of hydrogen-bond acceptors (Lipinski definition) is 3. The van der Waals surface area contributed by atoms with Crippen LogP contribution < -0.4 is 5.32 Å². The van der Waals surface area contributed by atoms with E-state index in [1.165, 1.54) is 0 Å². The van der Waals surface area contributed by atoms with Crippen molar-refractivity contribution in [3.05, 3.63) is 12.2 Å². The lowest BCUT2D eigenvalue weighted by Gasteiger charge is -2.44. The van der Waals surface area contributed by atoms with Gasteiger partial charge in [0.2, 0.25) is 0 Å². The van der Waals surface area contributed by atoms with E-state index in [0.29, 0.717) is 24.1 Å². The molecule has 1 N–H and O–H groups in total. The highest BCUT2D eigenvalue weighted by Gasteiger charge is 2.31. The van der Waals surface area contributed by atoms with Crippen molar-refractivity contribution in [1.82, 2.24) is 10.2 Å². The Morgan fingerprint density at radius 2 is 2.11 bits per heavy atom. The van der Waals surface area contributed by atoms with Crippen molar-refractivity contribution in [2.24, 2.45) is 5.41 Å². The van der Waals surface area contributed by atoms with Gasteiger partial charge in [0, 0.05) is 31.7 Å². The molecule has 1 aliphatic rings. The molecule has 1 fully saturated rings. The molecule has 3 nitrogen and oxygen atoms in total. The molecule has 106 valence electrons. The van der Waals surface area contributed by atoms with Gasteiger partial charge in [-0.25, -0.2) is 0 Å². The fourth-order valence-corrected chi connectivity index (χ4v) is 2.24. The minimum absolute atomic E-state index is 0.316. The first-order valence-electron chi connectivity index (χ1n) is 7.00. The predicted octanol–water partition coefficient (Wildman–Crippen LogP) is 2.29. The van der Waals surface area contributed by atoms with Gasteiger partial charge in [-0.05, 0) is 19.3 Å². The number of hydrogen-bond donors (Lipinski definition) is 1. The van der Waals surface area contributed by atoms with Gasteiger partial charge >= 0.3 is 0 Å². The molecule has 0 spiro atoms. The molecule has 2 unspecified atom stereocenters. The van der Waals surface area contributed by atoms with Crippen LogP contribution in [0, 0.1) is 5.41 Å². The van der Waals surface area contributed by atoms with Crippen LogP contribution in [0.5, 0.6) is 0 Å². The van der Waals surface area contributed by atoms with Crippen molar-refractivity contribution in [3.8, 4) is 0 Å². The molecule has 0 saturated carbocycles. The van der Waals surface area contributed by atoms with Crippen LogP contribution in [0.1, 0.15) is 34.6 Å². The smallest absolute Gasteiger partial charge is 0.0672 e. The third-order valence-corrected chi connectivity index (χ3v) is 3.62. The van der Waals surface area contributed by atoms with Gasteiger partial charge in [0.15, 0.2) is 0 Å². The van der Waals surface area contributed by atoms with Crippen LogP contribution in [0.2, 0.25) is 0 Å². The van der Waals surface area contributed by atoms with E-state index in [4.69, 9.17) is 4.74 Å². The van der Waals surface area contributed by atoms with Crippen LogP contribution in [0.3, 0.4) is 0 Å². The summed E-state index contributed by atoms with van der Waals surface area (Å²) in [6, 6.07) is 1.16. The molecule has 3 heteroatoms. The van der Waals surface area contributed by atoms with Crippen LogP contribution in [0.15, 0.2) is 12.2 Å². The highest BCUT2D eigenvalue weighted by molar-refractivity contribution is 4.91. The second-order valence-electron chi connectivity index (χ2n) is 6.68. The van der Waals surface area contributed by atoms with Crippen LogP contribution in [-0.4, -0.2) is 49.8 Å². The SMILES string of the molecule is C=C(C)COCCN1CC(C(C)(C)C)NCC1C. The van der Waals surface area contributed by atoms with Crippen molar-refractivity contribution in [2.75, 3.05) is 32.8 Å². The summed E-state index contributed by atoms with van der Waals surface area (Å²) in [7, 11) is 0. The van der Waals surface area contributed by atoms with Gasteiger partial charge in [-0.15, -0.1) is 0 Å². The van der Waals surface area contributed by atoms with Crippen molar-refractivity contribution in [3.63, 3.8) is 0 Å². The number of nitrogens with zero attached hydrogens (tertiary/aromatic N) is 1. The summed E-state index contributed by atoms with van der Waals surface area (Å²) in [6.45, 7) is 19.7. The van der Waals surface area contributed by atoms with Crippen molar-refractivity contribution < 1.29 is 4.74 Å². The fraction of sp³-hybridized carbons (Fsp3) is 0.867. The predicted molar refractivity (Wildman–Crippen MR) is 77.9 cm³/mol. The first kappa shape index (κ1) is 15.7. The Kier molecular flexibility index (Phi) is 5.83. The molecular weight excluding hydrogens is 224 g/mol. The van der Waals surface area contributed by atoms with Gasteiger partial charge in [-0.1, -0.05) is 32.9 Å². The Balaban J connectivity index is 2.36. The zero-order valence-corrected chi connectivity index (χ0v) is 12.8. The molecule has 1 rings (SSSR count). The molecule has 0 aromatic carbocycles. The molecule has 1 saturated heterocycles. The van der Waals surface area contributed by atoms with E-state index in [0.717, 1.165) is 31.8 Å². The molecule has 0 aromatic heterocycles. The highest BCUT2D eigenvalue weighted by Crippen LogP contribution is 2.23. The third-order valence-electron chi connectivity index (χ3n) is 3.62. The number of piperazine rings is 1. The molecule has 1 heterocycles. The van der Waals surface area contributed by atoms with Gasteiger partial charge in [0.05, 0.1) is 13.2 Å². The van der Waals surface area contributed by atoms with E-state index < -0.39 is 0 Å². The Bertz CT molecular complexity index is 270. The maximum Gasteiger partial charge on any atom is 0.0672 e. The second kappa shape index (κ2) is 6.69. The maximum atomic E-state index is 5.61. The minimum Gasteiger partial charge on any atom is -0.376 e. The van der Waals surface area contributed by atoms with E-state index in [1.807, 2.05) is 6.92 Å². The van der Waals surface area contributed by atoms with Gasteiger partial charge in [-0.2, -0.15) is 0 Å². The summed E-state index contributed by atoms with van der Waals surface area (Å²) < 4.78 is 5.61. The lowest BCUT2D eigenvalue weighted by Crippen LogP contribution is -2.59. The van der Waals surface area contributed by atoms with Gasteiger partial charge in [-0.3, -0.25) is 4.90 Å². The molecule has 1 aliphatic heterocycles. The first-order chi connectivity index (χ1) is 8.30. The second-order valence-corrected chi connectivity index (χ2v) is 6.68. The lowest BCUT2D eigenvalue weighted by atomic mass is 9.85. The molecule has 0 amide bonds. The van der Waals surface area contributed by atoms with Crippen molar-refractivity contribution in [1.29, 1.82) is 0 Å². The van der Waals surface area contributed by atoms with Crippen LogP contribution in [0.25, 0.3) is 0 Å². The molecule has 2 atom stereocenters. The van der Waals surface area contributed by atoms with E-state index >= 15 is 0 Å². The minimum atomic E-state index is 0.316. The standard InChI is InChI=1S/C15H30N2O/c1-12(2)11-18-8-7-17-10-14(15(4,5)6)16-9-13(17)3/h13-14,16H,1,7-11H2,2-6H3. The Morgan fingerprint density at radius 3 is 2.67 bits per heavy atom. The van der Waals surface area contributed by atoms with E-state index in [9.17, 15) is 0 Å². The highest BCUT2D eigenvalue weighted by atomic mass is 16.5. The van der Waals surface area contributed by atoms with Gasteiger partial charge in [0.25, 0.3) is 0 Å². The number of ether oxygens (including phenoxy) is 1. The average Bonchev–Trinajstić information content (AvgIpc) is 2.24. The summed E-state index contributed by atoms with van der Waals surface area (Å²) in [4.78, 5) is 2.53. The molecule has 0 radical (unpaired) electrons. The molecule has 18 heavy (non-hydrogen) atoms. The third kappa shape index (κ3) is 5.09. The quantitative estimate of drug-likeness (QED) is 0.602. The Morgan fingerprint density at radius 1 is 1.44 bits per heavy atom. The summed E-state index contributed by atoms with van der Waals surface area (Å²) >= 11 is 0. The van der Waals surface area contributed by atoms with E-state index in [1.54, 1.807) is 0 Å². The maximum absolute atomic E-state index is 5.61. The van der Waals surface area contributed by atoms with E-state index in [2.05, 4.69) is 44.5 Å². The van der Waals surface area contributed by atoms with Gasteiger partial charge in [0.1, 0.15) is 0 Å². The summed E-state index contributed by atoms with van der Waals surface area (Å²) in [5.74, 6) is 0. The lowest BCUT2D eigenvalue weighted by molar-refractivity contribution is 0.0576. The monoisotopic (exact) mass is 254 g/mol. The topological polar surface area (TPSA) is 24.5 Å². The average molecular weight is 254 g/mol. The fourth-order valence-electron chi connectivity index (χ4n) is 2.24. The van der Waals surface area contributed by atoms with Crippen molar-refractivity contribution >= 4 is 0 Å². The Labute approximate surface area is 113 Å². The zero-order valence-electron chi connectivity index (χ0n) is 12.8. The zero-order chi connectivity index (χ0) is 13.8. The van der Waals surface area contributed by atoms with Crippen LogP contribution in [-0.2, 0) is 4.74 Å². The normalized spacial score (nSPS) is 26.3. The largest absolute Gasteiger partial charge is 0.376 e. The summed E-state index contributed by atoms with van der Waals surface area (Å²) in [5, 5.41) is 3.65. The summed E-state index contributed by atoms with van der Waals surface area (Å²) in [5.41, 5.74) is 1.41. The molecule has 0 aliphatic carbocycles.